The van der Waals surface area contributed by atoms with Crippen LogP contribution >= 0.6 is 0 Å². The maximum Gasteiger partial charge on any atom is 0.263 e. The fourth-order valence-corrected chi connectivity index (χ4v) is 2.07. The lowest BCUT2D eigenvalue weighted by Crippen LogP contribution is -2.30. The molecule has 1 amide bonds. The maximum atomic E-state index is 13.1. The predicted molar refractivity (Wildman–Crippen MR) is 81.5 cm³/mol. The number of carbonyl (C=O) groups is 1. The number of nitrogens with one attached hydrogen (secondary N) is 2. The average Bonchev–Trinajstić information content (AvgIpc) is 3.09. The van der Waals surface area contributed by atoms with Gasteiger partial charge in [-0.3, -0.25) is 9.59 Å². The minimum Gasteiger partial charge on any atom is -0.348 e. The molecular formula is C15H12F2N6O2. The van der Waals surface area contributed by atoms with E-state index in [2.05, 4.69) is 25.4 Å². The number of halogens is 2. The van der Waals surface area contributed by atoms with Gasteiger partial charge >= 0.3 is 0 Å². The van der Waals surface area contributed by atoms with Crippen molar-refractivity contribution in [3.8, 4) is 0 Å². The molecule has 0 radical (unpaired) electrons. The molecule has 3 aromatic rings. The van der Waals surface area contributed by atoms with Crippen LogP contribution in [0.1, 0.15) is 21.7 Å². The molecule has 2 heterocycles. The first kappa shape index (κ1) is 16.4. The van der Waals surface area contributed by atoms with Gasteiger partial charge in [-0.15, -0.1) is 0 Å². The van der Waals surface area contributed by atoms with Crippen LogP contribution in [-0.2, 0) is 13.1 Å². The van der Waals surface area contributed by atoms with Crippen LogP contribution in [0.25, 0.3) is 0 Å². The van der Waals surface area contributed by atoms with E-state index in [1.807, 2.05) is 0 Å². The van der Waals surface area contributed by atoms with Crippen molar-refractivity contribution < 1.29 is 13.6 Å². The topological polar surface area (TPSA) is 106 Å². The lowest BCUT2D eigenvalue weighted by atomic mass is 10.2. The number of benzene rings is 1. The lowest BCUT2D eigenvalue weighted by Gasteiger charge is -2.06. The third kappa shape index (κ3) is 3.91. The second kappa shape index (κ2) is 6.99. The van der Waals surface area contributed by atoms with E-state index in [1.165, 1.54) is 23.4 Å². The minimum absolute atomic E-state index is 0.0593. The Bertz CT molecular complexity index is 955. The SMILES string of the molecule is O=C(NCc1ccc(F)c(F)c1)c1cnc(Cn2cncn2)[nH]c1=O. The van der Waals surface area contributed by atoms with Crippen LogP contribution in [-0.4, -0.2) is 30.6 Å². The van der Waals surface area contributed by atoms with Crippen molar-refractivity contribution in [3.63, 3.8) is 0 Å². The van der Waals surface area contributed by atoms with Gasteiger partial charge in [0, 0.05) is 12.7 Å². The van der Waals surface area contributed by atoms with Gasteiger partial charge in [0.15, 0.2) is 11.6 Å². The van der Waals surface area contributed by atoms with Gasteiger partial charge in [0.05, 0.1) is 0 Å². The number of rotatable bonds is 5. The van der Waals surface area contributed by atoms with Crippen LogP contribution in [0.3, 0.4) is 0 Å². The zero-order valence-electron chi connectivity index (χ0n) is 12.7. The van der Waals surface area contributed by atoms with Crippen LogP contribution in [0.4, 0.5) is 8.78 Å². The van der Waals surface area contributed by atoms with Crippen molar-refractivity contribution in [2.75, 3.05) is 0 Å². The summed E-state index contributed by atoms with van der Waals surface area (Å²) in [6, 6.07) is 3.27. The molecule has 128 valence electrons. The van der Waals surface area contributed by atoms with Gasteiger partial charge in [-0.2, -0.15) is 5.10 Å². The third-order valence-corrected chi connectivity index (χ3v) is 3.31. The molecule has 0 saturated heterocycles. The van der Waals surface area contributed by atoms with Crippen molar-refractivity contribution in [2.45, 2.75) is 13.1 Å². The minimum atomic E-state index is -1.01. The molecule has 0 aliphatic heterocycles. The van der Waals surface area contributed by atoms with E-state index < -0.39 is 23.1 Å². The normalized spacial score (nSPS) is 10.6. The van der Waals surface area contributed by atoms with Crippen molar-refractivity contribution in [1.82, 2.24) is 30.0 Å². The molecule has 0 saturated carbocycles. The predicted octanol–water partition coefficient (Wildman–Crippen LogP) is 0.618. The van der Waals surface area contributed by atoms with E-state index in [-0.39, 0.29) is 18.7 Å². The van der Waals surface area contributed by atoms with Gasteiger partial charge in [0.1, 0.15) is 30.6 Å². The molecule has 0 bridgehead atoms. The summed E-state index contributed by atoms with van der Waals surface area (Å²) in [5.41, 5.74) is -0.447. The van der Waals surface area contributed by atoms with E-state index in [4.69, 9.17) is 0 Å². The Morgan fingerprint density at radius 1 is 1.28 bits per heavy atom. The summed E-state index contributed by atoms with van der Waals surface area (Å²) in [5, 5.41) is 6.33. The van der Waals surface area contributed by atoms with Crippen LogP contribution in [0.2, 0.25) is 0 Å². The third-order valence-electron chi connectivity index (χ3n) is 3.31. The summed E-state index contributed by atoms with van der Waals surface area (Å²) in [6.45, 7) is 0.141. The zero-order chi connectivity index (χ0) is 17.8. The molecule has 2 aromatic heterocycles. The standard InChI is InChI=1S/C15H12F2N6O2/c16-11-2-1-9(3-12(11)17)4-20-14(24)10-5-19-13(22-15(10)25)6-23-8-18-7-21-23/h1-3,5,7-8H,4,6H2,(H,20,24)(H,19,22,25). The van der Waals surface area contributed by atoms with E-state index in [1.54, 1.807) is 0 Å². The monoisotopic (exact) mass is 346 g/mol. The number of carbonyl (C=O) groups excluding carboxylic acids is 1. The number of nitrogens with zero attached hydrogens (tertiary/aromatic N) is 4. The summed E-state index contributed by atoms with van der Waals surface area (Å²) in [7, 11) is 0. The molecule has 0 unspecified atom stereocenters. The Kier molecular flexibility index (Phi) is 4.59. The summed E-state index contributed by atoms with van der Waals surface area (Å²) in [5.74, 6) is -2.35. The first-order valence-corrected chi connectivity index (χ1v) is 7.15. The molecule has 8 nitrogen and oxygen atoms in total. The molecule has 3 rings (SSSR count). The lowest BCUT2D eigenvalue weighted by molar-refractivity contribution is 0.0949. The van der Waals surface area contributed by atoms with Gasteiger partial charge in [-0.05, 0) is 17.7 Å². The number of aromatic amines is 1. The molecule has 1 aromatic carbocycles. The van der Waals surface area contributed by atoms with Gasteiger partial charge in [0.2, 0.25) is 0 Å². The van der Waals surface area contributed by atoms with Gasteiger partial charge < -0.3 is 10.3 Å². The highest BCUT2D eigenvalue weighted by molar-refractivity contribution is 5.93. The molecule has 0 aliphatic carbocycles. The smallest absolute Gasteiger partial charge is 0.263 e. The van der Waals surface area contributed by atoms with Crippen LogP contribution in [0, 0.1) is 11.6 Å². The zero-order valence-corrected chi connectivity index (χ0v) is 12.7. The summed E-state index contributed by atoms with van der Waals surface area (Å²) >= 11 is 0. The first-order valence-electron chi connectivity index (χ1n) is 7.15. The molecule has 0 fully saturated rings. The van der Waals surface area contributed by atoms with E-state index in [0.29, 0.717) is 11.4 Å². The number of H-pyrrole nitrogens is 1. The summed E-state index contributed by atoms with van der Waals surface area (Å²) in [4.78, 5) is 34.3. The van der Waals surface area contributed by atoms with E-state index in [0.717, 1.165) is 18.3 Å². The Labute approximate surface area is 139 Å². The fraction of sp³-hybridized carbons (Fsp3) is 0.133. The van der Waals surface area contributed by atoms with Crippen molar-refractivity contribution in [2.24, 2.45) is 0 Å². The highest BCUT2D eigenvalue weighted by Gasteiger charge is 2.12. The second-order valence-electron chi connectivity index (χ2n) is 5.10. The summed E-state index contributed by atoms with van der Waals surface area (Å²) < 4.78 is 27.4. The second-order valence-corrected chi connectivity index (χ2v) is 5.10. The van der Waals surface area contributed by atoms with E-state index >= 15 is 0 Å². The van der Waals surface area contributed by atoms with Gasteiger partial charge in [-0.1, -0.05) is 6.07 Å². The van der Waals surface area contributed by atoms with Crippen LogP contribution in [0.15, 0.2) is 41.8 Å². The van der Waals surface area contributed by atoms with Crippen LogP contribution < -0.4 is 10.9 Å². The molecule has 0 spiro atoms. The van der Waals surface area contributed by atoms with Crippen LogP contribution in [0.5, 0.6) is 0 Å². The number of aromatic nitrogens is 5. The first-order chi connectivity index (χ1) is 12.0. The van der Waals surface area contributed by atoms with Crippen molar-refractivity contribution in [3.05, 3.63) is 76.0 Å². The molecule has 2 N–H and O–H groups in total. The quantitative estimate of drug-likeness (QED) is 0.704. The molecule has 25 heavy (non-hydrogen) atoms. The Balaban J connectivity index is 1.67. The maximum absolute atomic E-state index is 13.1. The van der Waals surface area contributed by atoms with E-state index in [9.17, 15) is 18.4 Å². The number of hydrogen-bond acceptors (Lipinski definition) is 5. The number of amides is 1. The summed E-state index contributed by atoms with van der Waals surface area (Å²) in [6.07, 6.45) is 3.95. The van der Waals surface area contributed by atoms with Crippen molar-refractivity contribution >= 4 is 5.91 Å². The molecule has 0 atom stereocenters. The Morgan fingerprint density at radius 2 is 2.12 bits per heavy atom. The average molecular weight is 346 g/mol. The Hall–Kier alpha value is -3.43. The molecule has 10 heteroatoms. The highest BCUT2D eigenvalue weighted by atomic mass is 19.2. The highest BCUT2D eigenvalue weighted by Crippen LogP contribution is 2.08. The Morgan fingerprint density at radius 3 is 2.80 bits per heavy atom. The fourth-order valence-electron chi connectivity index (χ4n) is 2.07. The van der Waals surface area contributed by atoms with Crippen molar-refractivity contribution in [1.29, 1.82) is 0 Å². The molecule has 0 aliphatic rings. The van der Waals surface area contributed by atoms with Gasteiger partial charge in [0.25, 0.3) is 11.5 Å². The number of hydrogen-bond donors (Lipinski definition) is 2. The largest absolute Gasteiger partial charge is 0.348 e. The van der Waals surface area contributed by atoms with Gasteiger partial charge in [-0.25, -0.2) is 23.4 Å². The molecular weight excluding hydrogens is 334 g/mol.